The van der Waals surface area contributed by atoms with E-state index in [9.17, 15) is 9.90 Å². The first-order chi connectivity index (χ1) is 18.5. The molecule has 38 heavy (non-hydrogen) atoms. The Bertz CT molecular complexity index is 1440. The van der Waals surface area contributed by atoms with Crippen molar-refractivity contribution >= 4 is 38.4 Å². The van der Waals surface area contributed by atoms with E-state index < -0.39 is 5.91 Å². The molecule has 0 aliphatic carbocycles. The summed E-state index contributed by atoms with van der Waals surface area (Å²) >= 11 is 3.50. The van der Waals surface area contributed by atoms with Crippen LogP contribution in [-0.2, 0) is 11.5 Å². The molecule has 1 atom stereocenters. The Morgan fingerprint density at radius 2 is 1.97 bits per heavy atom. The quantitative estimate of drug-likeness (QED) is 0.243. The van der Waals surface area contributed by atoms with Gasteiger partial charge in [-0.15, -0.1) is 10.2 Å². The van der Waals surface area contributed by atoms with Crippen LogP contribution in [0.25, 0.3) is 10.9 Å². The number of hydrogen-bond acceptors (Lipinski definition) is 7. The van der Waals surface area contributed by atoms with Gasteiger partial charge in [-0.05, 0) is 66.9 Å². The van der Waals surface area contributed by atoms with Crippen LogP contribution in [0, 0.1) is 0 Å². The van der Waals surface area contributed by atoms with E-state index in [2.05, 4.69) is 42.1 Å². The number of hydrogen-bond donors (Lipinski definition) is 1. The Balaban J connectivity index is 1.38. The zero-order valence-electron chi connectivity index (χ0n) is 21.0. The van der Waals surface area contributed by atoms with Gasteiger partial charge in [0.15, 0.2) is 12.3 Å². The molecule has 1 aliphatic rings. The molecule has 9 nitrogen and oxygen atoms in total. The van der Waals surface area contributed by atoms with Crippen molar-refractivity contribution in [1.29, 1.82) is 0 Å². The van der Waals surface area contributed by atoms with Crippen molar-refractivity contribution in [3.63, 3.8) is 0 Å². The Morgan fingerprint density at radius 1 is 1.16 bits per heavy atom. The predicted octanol–water partition coefficient (Wildman–Crippen LogP) is 6.39. The van der Waals surface area contributed by atoms with Crippen molar-refractivity contribution in [2.24, 2.45) is 10.2 Å². The first-order valence-electron chi connectivity index (χ1n) is 12.4. The van der Waals surface area contributed by atoms with Gasteiger partial charge in [0.1, 0.15) is 11.5 Å². The third-order valence-electron chi connectivity index (χ3n) is 6.66. The number of aromatic nitrogens is 2. The van der Waals surface area contributed by atoms with Gasteiger partial charge in [-0.2, -0.15) is 0 Å². The van der Waals surface area contributed by atoms with Crippen LogP contribution in [-0.4, -0.2) is 45.7 Å². The third-order valence-corrected chi connectivity index (χ3v) is 7.15. The van der Waals surface area contributed by atoms with Crippen LogP contribution in [0.3, 0.4) is 0 Å². The molecular weight excluding hydrogens is 550 g/mol. The first-order valence-corrected chi connectivity index (χ1v) is 13.2. The molecule has 0 spiro atoms. The summed E-state index contributed by atoms with van der Waals surface area (Å²) in [5.74, 6) is 0.602. The average Bonchev–Trinajstić information content (AvgIpc) is 3.21. The van der Waals surface area contributed by atoms with Crippen LogP contribution >= 0.6 is 15.9 Å². The molecule has 1 aliphatic heterocycles. The molecule has 0 bridgehead atoms. The molecule has 2 aromatic carbocycles. The highest BCUT2D eigenvalue weighted by atomic mass is 79.9. The van der Waals surface area contributed by atoms with E-state index in [1.807, 2.05) is 35.0 Å². The summed E-state index contributed by atoms with van der Waals surface area (Å²) in [6.07, 6.45) is 6.93. The summed E-state index contributed by atoms with van der Waals surface area (Å²) in [6, 6.07) is 16.9. The lowest BCUT2D eigenvalue weighted by Crippen LogP contribution is -2.34. The number of rotatable bonds is 8. The number of fused-ring (bicyclic) bond motifs is 1. The van der Waals surface area contributed by atoms with Gasteiger partial charge in [-0.3, -0.25) is 19.2 Å². The zero-order chi connectivity index (χ0) is 26.5. The van der Waals surface area contributed by atoms with Crippen LogP contribution in [0.15, 0.2) is 81.7 Å². The van der Waals surface area contributed by atoms with Gasteiger partial charge in [-0.25, -0.2) is 0 Å². The summed E-state index contributed by atoms with van der Waals surface area (Å²) in [6.45, 7) is 1.08. The second-order valence-electron chi connectivity index (χ2n) is 9.07. The highest BCUT2D eigenvalue weighted by Gasteiger charge is 2.27. The van der Waals surface area contributed by atoms with Crippen molar-refractivity contribution in [3.8, 4) is 17.4 Å². The summed E-state index contributed by atoms with van der Waals surface area (Å²) in [5.41, 5.74) is 2.21. The van der Waals surface area contributed by atoms with Gasteiger partial charge in [0, 0.05) is 34.8 Å². The van der Waals surface area contributed by atoms with E-state index in [0.717, 1.165) is 41.4 Å². The zero-order valence-corrected chi connectivity index (χ0v) is 22.5. The first kappa shape index (κ1) is 25.9. The molecular formula is C28H28BrN5O4. The maximum Gasteiger partial charge on any atom is 0.302 e. The van der Waals surface area contributed by atoms with Gasteiger partial charge in [0.2, 0.25) is 5.88 Å². The van der Waals surface area contributed by atoms with Crippen LogP contribution in [0.2, 0.25) is 0 Å². The summed E-state index contributed by atoms with van der Waals surface area (Å²) in [5, 5.41) is 19.9. The lowest BCUT2D eigenvalue weighted by Gasteiger charge is -2.36. The summed E-state index contributed by atoms with van der Waals surface area (Å²) in [4.78, 5) is 19.1. The maximum atomic E-state index is 12.4. The van der Waals surface area contributed by atoms with Crippen LogP contribution in [0.5, 0.6) is 17.4 Å². The number of azo groups is 1. The highest BCUT2D eigenvalue weighted by molar-refractivity contribution is 9.10. The van der Waals surface area contributed by atoms with Gasteiger partial charge in [-0.1, -0.05) is 28.4 Å². The molecule has 3 heterocycles. The Kier molecular flexibility index (Phi) is 8.00. The lowest BCUT2D eigenvalue weighted by atomic mass is 9.97. The largest absolute Gasteiger partial charge is 0.497 e. The fourth-order valence-electron chi connectivity index (χ4n) is 4.78. The van der Waals surface area contributed by atoms with Gasteiger partial charge >= 0.3 is 5.91 Å². The number of halogens is 1. The number of likely N-dealkylation sites (tertiary alicyclic amines) is 1. The molecule has 10 heteroatoms. The van der Waals surface area contributed by atoms with E-state index in [0.29, 0.717) is 23.6 Å². The van der Waals surface area contributed by atoms with E-state index in [1.165, 1.54) is 0 Å². The van der Waals surface area contributed by atoms with Crippen LogP contribution < -0.4 is 9.47 Å². The standard InChI is InChI=1S/C28H28BrN5O4/c1-37-21-8-10-22(11-9-21)38-17-26(35)31-32-27-23-15-20(29)7-12-25(23)34(28(27)36)18-33-14-3-2-6-24(33)19-5-4-13-30-16-19/h4-5,7-13,15-16,24,36H,2-3,6,14,17-18H2,1H3. The third kappa shape index (κ3) is 5.71. The topological polar surface area (TPSA) is 102 Å². The van der Waals surface area contributed by atoms with Gasteiger partial charge in [0.05, 0.1) is 19.3 Å². The van der Waals surface area contributed by atoms with Crippen LogP contribution in [0.1, 0.15) is 30.9 Å². The van der Waals surface area contributed by atoms with Gasteiger partial charge in [0.25, 0.3) is 0 Å². The number of aromatic hydroxyl groups is 1. The van der Waals surface area contributed by atoms with Crippen molar-refractivity contribution in [3.05, 3.63) is 77.0 Å². The normalized spacial score (nSPS) is 16.2. The SMILES string of the molecule is COc1ccc(OCC(=O)N=Nc2c(O)n(CN3CCCCC3c3cccnc3)c3ccc(Br)cc23)cc1. The molecule has 1 unspecified atom stereocenters. The van der Waals surface area contributed by atoms with Gasteiger partial charge < -0.3 is 14.6 Å². The molecule has 4 aromatic rings. The Hall–Kier alpha value is -3.76. The Morgan fingerprint density at radius 3 is 2.74 bits per heavy atom. The highest BCUT2D eigenvalue weighted by Crippen LogP contribution is 2.41. The minimum absolute atomic E-state index is 0.0405. The van der Waals surface area contributed by atoms with Crippen molar-refractivity contribution < 1.29 is 19.4 Å². The number of amides is 1. The number of carbonyl (C=O) groups excluding carboxylic acids is 1. The molecule has 196 valence electrons. The number of nitrogens with zero attached hydrogens (tertiary/aromatic N) is 5. The van der Waals surface area contributed by atoms with Crippen molar-refractivity contribution in [1.82, 2.24) is 14.5 Å². The molecule has 0 radical (unpaired) electrons. The van der Waals surface area contributed by atoms with E-state index in [4.69, 9.17) is 9.47 Å². The van der Waals surface area contributed by atoms with E-state index >= 15 is 0 Å². The number of carbonyl (C=O) groups is 1. The summed E-state index contributed by atoms with van der Waals surface area (Å²) in [7, 11) is 1.58. The Labute approximate surface area is 228 Å². The maximum absolute atomic E-state index is 12.4. The molecule has 0 saturated carbocycles. The smallest absolute Gasteiger partial charge is 0.302 e. The number of methoxy groups -OCH3 is 1. The average molecular weight is 578 g/mol. The van der Waals surface area contributed by atoms with Crippen LogP contribution in [0.4, 0.5) is 5.69 Å². The fourth-order valence-corrected chi connectivity index (χ4v) is 5.14. The fraction of sp³-hybridized carbons (Fsp3) is 0.286. The minimum Gasteiger partial charge on any atom is -0.497 e. The van der Waals surface area contributed by atoms with E-state index in [-0.39, 0.29) is 24.2 Å². The second-order valence-corrected chi connectivity index (χ2v) is 9.99. The van der Waals surface area contributed by atoms with E-state index in [1.54, 1.807) is 37.6 Å². The lowest BCUT2D eigenvalue weighted by molar-refractivity contribution is -0.120. The number of ether oxygens (including phenoxy) is 2. The minimum atomic E-state index is -0.566. The molecule has 5 rings (SSSR count). The van der Waals surface area contributed by atoms with Crippen molar-refractivity contribution in [2.75, 3.05) is 20.3 Å². The summed E-state index contributed by atoms with van der Waals surface area (Å²) < 4.78 is 13.3. The number of pyridine rings is 1. The monoisotopic (exact) mass is 577 g/mol. The van der Waals surface area contributed by atoms with Crippen molar-refractivity contribution in [2.45, 2.75) is 32.0 Å². The molecule has 2 aromatic heterocycles. The molecule has 1 N–H and O–H groups in total. The predicted molar refractivity (Wildman–Crippen MR) is 147 cm³/mol. The molecule has 1 saturated heterocycles. The number of piperidine rings is 1. The second kappa shape index (κ2) is 11.7. The molecule has 1 fully saturated rings. The molecule has 1 amide bonds. The number of benzene rings is 2.